The minimum Gasteiger partial charge on any atom is -0.464 e. The van der Waals surface area contributed by atoms with Gasteiger partial charge in [-0.2, -0.15) is 0 Å². The molecule has 0 aromatic carbocycles. The van der Waals surface area contributed by atoms with E-state index in [1.165, 1.54) is 19.3 Å². The lowest BCUT2D eigenvalue weighted by molar-refractivity contribution is 0.177. The summed E-state index contributed by atoms with van der Waals surface area (Å²) >= 11 is 0. The zero-order chi connectivity index (χ0) is 18.6. The second kappa shape index (κ2) is 8.15. The molecule has 2 aromatic rings. The first-order chi connectivity index (χ1) is 13.2. The number of urea groups is 1. The van der Waals surface area contributed by atoms with Crippen LogP contribution in [-0.4, -0.2) is 27.2 Å². The number of aryl methyl sites for hydroxylation is 1. The van der Waals surface area contributed by atoms with Crippen LogP contribution in [0.15, 0.2) is 21.0 Å². The van der Waals surface area contributed by atoms with Crippen molar-refractivity contribution < 1.29 is 13.6 Å². The molecule has 0 aliphatic heterocycles. The van der Waals surface area contributed by atoms with Crippen LogP contribution in [0, 0.1) is 6.92 Å². The molecule has 7 heteroatoms. The maximum absolute atomic E-state index is 12.9. The molecular formula is C20H28N4O3. The molecule has 1 N–H and O–H groups in total. The predicted octanol–water partition coefficient (Wildman–Crippen LogP) is 5.00. The summed E-state index contributed by atoms with van der Waals surface area (Å²) in [6.45, 7) is 2.36. The second-order valence-corrected chi connectivity index (χ2v) is 7.79. The fraction of sp³-hybridized carbons (Fsp3) is 0.650. The van der Waals surface area contributed by atoms with Gasteiger partial charge in [0, 0.05) is 12.0 Å². The van der Waals surface area contributed by atoms with E-state index in [1.54, 1.807) is 0 Å². The van der Waals surface area contributed by atoms with Crippen molar-refractivity contribution >= 4 is 12.0 Å². The Bertz CT molecular complexity index is 757. The number of carbonyl (C=O) groups excluding carboxylic acids is 1. The van der Waals surface area contributed by atoms with Crippen molar-refractivity contribution in [2.24, 2.45) is 0 Å². The Labute approximate surface area is 159 Å². The average Bonchev–Trinajstić information content (AvgIpc) is 3.42. The smallest absolute Gasteiger partial charge is 0.326 e. The van der Waals surface area contributed by atoms with Crippen LogP contribution in [-0.2, 0) is 6.54 Å². The van der Waals surface area contributed by atoms with Gasteiger partial charge in [0.2, 0.25) is 5.89 Å². The topological polar surface area (TPSA) is 84.4 Å². The molecule has 0 radical (unpaired) electrons. The average molecular weight is 372 g/mol. The van der Waals surface area contributed by atoms with Crippen molar-refractivity contribution in [2.75, 3.05) is 5.32 Å². The Hall–Kier alpha value is -2.31. The van der Waals surface area contributed by atoms with Crippen molar-refractivity contribution in [2.45, 2.75) is 83.2 Å². The van der Waals surface area contributed by atoms with Crippen LogP contribution in [0.25, 0.3) is 0 Å². The summed E-state index contributed by atoms with van der Waals surface area (Å²) in [6, 6.07) is 4.07. The summed E-state index contributed by atoms with van der Waals surface area (Å²) in [5.41, 5.74) is 0. The minimum atomic E-state index is -0.199. The van der Waals surface area contributed by atoms with E-state index in [2.05, 4.69) is 15.5 Å². The van der Waals surface area contributed by atoms with Gasteiger partial charge in [-0.15, -0.1) is 5.10 Å². The molecule has 2 amide bonds. The van der Waals surface area contributed by atoms with E-state index in [0.29, 0.717) is 18.4 Å². The zero-order valence-electron chi connectivity index (χ0n) is 15.9. The number of rotatable bonds is 5. The van der Waals surface area contributed by atoms with Crippen LogP contribution in [0.1, 0.15) is 81.1 Å². The standard InChI is InChI=1S/C20H28N4O3/c1-14-11-12-17(26-14)13-24(16-9-5-6-10-16)20(25)21-19-23-22-18(27-19)15-7-3-2-4-8-15/h11-12,15-16H,2-10,13H2,1H3,(H,21,23,25). The Morgan fingerprint density at radius 2 is 1.81 bits per heavy atom. The first-order valence-electron chi connectivity index (χ1n) is 10.2. The molecule has 2 aliphatic carbocycles. The molecule has 2 aromatic heterocycles. The van der Waals surface area contributed by atoms with Crippen LogP contribution >= 0.6 is 0 Å². The molecule has 0 saturated heterocycles. The number of hydrogen-bond acceptors (Lipinski definition) is 5. The maximum Gasteiger partial charge on any atom is 0.326 e. The fourth-order valence-electron chi connectivity index (χ4n) is 4.28. The first kappa shape index (κ1) is 18.1. The van der Waals surface area contributed by atoms with Crippen LogP contribution in [0.2, 0.25) is 0 Å². The monoisotopic (exact) mass is 372 g/mol. The quantitative estimate of drug-likeness (QED) is 0.799. The molecule has 2 heterocycles. The van der Waals surface area contributed by atoms with Crippen LogP contribution in [0.3, 0.4) is 0 Å². The van der Waals surface area contributed by atoms with Gasteiger partial charge in [-0.25, -0.2) is 4.79 Å². The van der Waals surface area contributed by atoms with Gasteiger partial charge in [0.05, 0.1) is 6.54 Å². The lowest BCUT2D eigenvalue weighted by Crippen LogP contribution is -2.41. The maximum atomic E-state index is 12.9. The lowest BCUT2D eigenvalue weighted by Gasteiger charge is -2.27. The molecular weight excluding hydrogens is 344 g/mol. The molecule has 0 unspecified atom stereocenters. The highest BCUT2D eigenvalue weighted by Crippen LogP contribution is 2.32. The van der Waals surface area contributed by atoms with E-state index in [-0.39, 0.29) is 18.1 Å². The van der Waals surface area contributed by atoms with Crippen LogP contribution in [0.5, 0.6) is 0 Å². The molecule has 2 fully saturated rings. The number of amides is 2. The van der Waals surface area contributed by atoms with Crippen LogP contribution < -0.4 is 5.32 Å². The minimum absolute atomic E-state index is 0.194. The van der Waals surface area contributed by atoms with Crippen molar-refractivity contribution in [3.63, 3.8) is 0 Å². The van der Waals surface area contributed by atoms with Gasteiger partial charge in [-0.05, 0) is 44.7 Å². The number of nitrogens with one attached hydrogen (secondary N) is 1. The zero-order valence-corrected chi connectivity index (χ0v) is 15.9. The normalized spacial score (nSPS) is 18.7. The Morgan fingerprint density at radius 3 is 2.52 bits per heavy atom. The third-order valence-corrected chi connectivity index (χ3v) is 5.76. The van der Waals surface area contributed by atoms with Gasteiger partial charge >= 0.3 is 12.0 Å². The van der Waals surface area contributed by atoms with E-state index in [4.69, 9.17) is 8.83 Å². The van der Waals surface area contributed by atoms with Gasteiger partial charge in [0.15, 0.2) is 0 Å². The van der Waals surface area contributed by atoms with Crippen molar-refractivity contribution in [3.05, 3.63) is 29.5 Å². The van der Waals surface area contributed by atoms with Gasteiger partial charge in [0.25, 0.3) is 0 Å². The first-order valence-corrected chi connectivity index (χ1v) is 10.2. The third-order valence-electron chi connectivity index (χ3n) is 5.76. The van der Waals surface area contributed by atoms with Crippen LogP contribution in [0.4, 0.5) is 10.8 Å². The summed E-state index contributed by atoms with van der Waals surface area (Å²) in [4.78, 5) is 14.8. The highest BCUT2D eigenvalue weighted by atomic mass is 16.4. The van der Waals surface area contributed by atoms with Gasteiger partial charge in [0.1, 0.15) is 11.5 Å². The molecule has 2 saturated carbocycles. The summed E-state index contributed by atoms with van der Waals surface area (Å²) in [7, 11) is 0. The Morgan fingerprint density at radius 1 is 1.07 bits per heavy atom. The molecule has 27 heavy (non-hydrogen) atoms. The lowest BCUT2D eigenvalue weighted by atomic mass is 9.89. The van der Waals surface area contributed by atoms with E-state index >= 15 is 0 Å². The van der Waals surface area contributed by atoms with Crippen molar-refractivity contribution in [3.8, 4) is 0 Å². The van der Waals surface area contributed by atoms with Crippen molar-refractivity contribution in [1.82, 2.24) is 15.1 Å². The summed E-state index contributed by atoms with van der Waals surface area (Å²) in [5.74, 6) is 2.63. The SMILES string of the molecule is Cc1ccc(CN(C(=O)Nc2nnc(C3CCCCC3)o2)C2CCCC2)o1. The largest absolute Gasteiger partial charge is 0.464 e. The number of furan rings is 1. The predicted molar refractivity (Wildman–Crippen MR) is 100 cm³/mol. The number of nitrogens with zero attached hydrogens (tertiary/aromatic N) is 3. The Balaban J connectivity index is 1.43. The number of anilines is 1. The summed E-state index contributed by atoms with van der Waals surface area (Å²) in [5, 5.41) is 11.0. The fourth-order valence-corrected chi connectivity index (χ4v) is 4.28. The second-order valence-electron chi connectivity index (χ2n) is 7.79. The molecule has 4 rings (SSSR count). The molecule has 0 atom stereocenters. The van der Waals surface area contributed by atoms with Gasteiger partial charge in [-0.1, -0.05) is 37.2 Å². The Kier molecular flexibility index (Phi) is 5.45. The summed E-state index contributed by atoms with van der Waals surface area (Å²) < 4.78 is 11.4. The number of aromatic nitrogens is 2. The molecule has 2 aliphatic rings. The van der Waals surface area contributed by atoms with Gasteiger partial charge < -0.3 is 13.7 Å². The molecule has 0 bridgehead atoms. The summed E-state index contributed by atoms with van der Waals surface area (Å²) in [6.07, 6.45) is 10.2. The van der Waals surface area contributed by atoms with Crippen molar-refractivity contribution in [1.29, 1.82) is 0 Å². The van der Waals surface area contributed by atoms with Gasteiger partial charge in [-0.3, -0.25) is 5.32 Å². The highest BCUT2D eigenvalue weighted by molar-refractivity contribution is 5.87. The van der Waals surface area contributed by atoms with E-state index in [1.807, 2.05) is 24.0 Å². The third kappa shape index (κ3) is 4.34. The highest BCUT2D eigenvalue weighted by Gasteiger charge is 2.29. The molecule has 0 spiro atoms. The number of hydrogen-bond donors (Lipinski definition) is 1. The van der Waals surface area contributed by atoms with E-state index < -0.39 is 0 Å². The number of carbonyl (C=O) groups is 1. The molecule has 7 nitrogen and oxygen atoms in total. The molecule has 146 valence electrons. The van der Waals surface area contributed by atoms with E-state index in [9.17, 15) is 4.79 Å². The van der Waals surface area contributed by atoms with E-state index in [0.717, 1.165) is 50.0 Å².